The lowest BCUT2D eigenvalue weighted by atomic mass is 10.0. The van der Waals surface area contributed by atoms with Crippen molar-refractivity contribution < 1.29 is 24.2 Å². The number of aliphatic hydroxyl groups excluding tert-OH is 1. The van der Waals surface area contributed by atoms with Crippen molar-refractivity contribution in [2.75, 3.05) is 13.2 Å². The van der Waals surface area contributed by atoms with Crippen LogP contribution in [0.1, 0.15) is 232 Å². The first-order chi connectivity index (χ1) is 24.6. The SMILES string of the molecule is CCCCCCC=CCCCCCCCCCC(=O)O[C@@H](CO)COC(=O)CCCCCCCCCCCCCC=CCCCCCCCC. The van der Waals surface area contributed by atoms with Gasteiger partial charge in [0.2, 0.25) is 0 Å². The number of carbonyl (C=O) groups excluding carboxylic acids is 2. The van der Waals surface area contributed by atoms with Gasteiger partial charge >= 0.3 is 11.9 Å². The quantitative estimate of drug-likeness (QED) is 0.0390. The topological polar surface area (TPSA) is 72.8 Å². The van der Waals surface area contributed by atoms with Crippen LogP contribution in [0.3, 0.4) is 0 Å². The van der Waals surface area contributed by atoms with E-state index >= 15 is 0 Å². The minimum absolute atomic E-state index is 0.0644. The van der Waals surface area contributed by atoms with Gasteiger partial charge in [0, 0.05) is 12.8 Å². The predicted molar refractivity (Wildman–Crippen MR) is 215 cm³/mol. The molecule has 0 aromatic carbocycles. The molecular formula is C45H84O5. The van der Waals surface area contributed by atoms with E-state index in [9.17, 15) is 14.7 Å². The van der Waals surface area contributed by atoms with Crippen LogP contribution in [0.5, 0.6) is 0 Å². The molecule has 0 unspecified atom stereocenters. The summed E-state index contributed by atoms with van der Waals surface area (Å²) in [5.74, 6) is -0.588. The van der Waals surface area contributed by atoms with Gasteiger partial charge in [-0.15, -0.1) is 0 Å². The van der Waals surface area contributed by atoms with Gasteiger partial charge in [0.05, 0.1) is 6.61 Å². The van der Waals surface area contributed by atoms with Crippen LogP contribution >= 0.6 is 0 Å². The van der Waals surface area contributed by atoms with Gasteiger partial charge in [-0.25, -0.2) is 0 Å². The summed E-state index contributed by atoms with van der Waals surface area (Å²) in [5.41, 5.74) is 0. The Kier molecular flexibility index (Phi) is 40.4. The fourth-order valence-electron chi connectivity index (χ4n) is 6.37. The first-order valence-electron chi connectivity index (χ1n) is 21.9. The van der Waals surface area contributed by atoms with Crippen LogP contribution in [0.25, 0.3) is 0 Å². The molecule has 1 atom stereocenters. The molecule has 294 valence electrons. The third-order valence-corrected chi connectivity index (χ3v) is 9.72. The number of hydrogen-bond donors (Lipinski definition) is 1. The molecule has 5 nitrogen and oxygen atoms in total. The van der Waals surface area contributed by atoms with E-state index in [1.807, 2.05) is 0 Å². The van der Waals surface area contributed by atoms with E-state index in [4.69, 9.17) is 9.47 Å². The maximum atomic E-state index is 12.2. The van der Waals surface area contributed by atoms with Crippen molar-refractivity contribution >= 4 is 11.9 Å². The molecule has 0 aromatic rings. The third kappa shape index (κ3) is 39.2. The Morgan fingerprint density at radius 3 is 1.10 bits per heavy atom. The largest absolute Gasteiger partial charge is 0.462 e. The number of hydrogen-bond acceptors (Lipinski definition) is 5. The van der Waals surface area contributed by atoms with Crippen molar-refractivity contribution in [1.82, 2.24) is 0 Å². The molecule has 0 aliphatic heterocycles. The highest BCUT2D eigenvalue weighted by molar-refractivity contribution is 5.70. The van der Waals surface area contributed by atoms with Gasteiger partial charge in [-0.2, -0.15) is 0 Å². The Balaban J connectivity index is 3.50. The average molecular weight is 705 g/mol. The molecule has 0 fully saturated rings. The summed E-state index contributed by atoms with van der Waals surface area (Å²) in [6.07, 6.45) is 49.6. The number of carbonyl (C=O) groups is 2. The molecule has 1 N–H and O–H groups in total. The molecule has 0 saturated carbocycles. The second kappa shape index (κ2) is 41.8. The molecule has 0 rings (SSSR count). The molecule has 5 heteroatoms. The van der Waals surface area contributed by atoms with Crippen LogP contribution in [0.15, 0.2) is 24.3 Å². The smallest absolute Gasteiger partial charge is 0.306 e. The minimum Gasteiger partial charge on any atom is -0.462 e. The van der Waals surface area contributed by atoms with Crippen LogP contribution in [0.4, 0.5) is 0 Å². The van der Waals surface area contributed by atoms with Gasteiger partial charge in [0.1, 0.15) is 6.61 Å². The van der Waals surface area contributed by atoms with Crippen LogP contribution in [0, 0.1) is 0 Å². The monoisotopic (exact) mass is 705 g/mol. The molecule has 0 aromatic heterocycles. The maximum Gasteiger partial charge on any atom is 0.306 e. The molecule has 0 aliphatic rings. The lowest BCUT2D eigenvalue weighted by Gasteiger charge is -2.15. The van der Waals surface area contributed by atoms with E-state index in [2.05, 4.69) is 38.2 Å². The molecule has 50 heavy (non-hydrogen) atoms. The highest BCUT2D eigenvalue weighted by Crippen LogP contribution is 2.15. The fraction of sp³-hybridized carbons (Fsp3) is 0.867. The van der Waals surface area contributed by atoms with Gasteiger partial charge in [0.15, 0.2) is 6.10 Å². The zero-order valence-corrected chi connectivity index (χ0v) is 33.4. The third-order valence-electron chi connectivity index (χ3n) is 9.72. The molecule has 0 radical (unpaired) electrons. The summed E-state index contributed by atoms with van der Waals surface area (Å²) in [6.45, 7) is 4.13. The molecule has 0 aliphatic carbocycles. The zero-order valence-electron chi connectivity index (χ0n) is 33.4. The Morgan fingerprint density at radius 1 is 0.440 bits per heavy atom. The Hall–Kier alpha value is -1.62. The van der Waals surface area contributed by atoms with Gasteiger partial charge in [-0.05, 0) is 64.2 Å². The van der Waals surface area contributed by atoms with Crippen molar-refractivity contribution in [3.05, 3.63) is 24.3 Å². The minimum atomic E-state index is -0.770. The molecule has 0 saturated heterocycles. The lowest BCUT2D eigenvalue weighted by Crippen LogP contribution is -2.28. The number of rotatable bonds is 40. The first kappa shape index (κ1) is 48.4. The van der Waals surface area contributed by atoms with Crippen LogP contribution in [-0.2, 0) is 19.1 Å². The fourth-order valence-corrected chi connectivity index (χ4v) is 6.37. The van der Waals surface area contributed by atoms with E-state index in [0.717, 1.165) is 38.5 Å². The first-order valence-corrected chi connectivity index (χ1v) is 21.9. The summed E-state index contributed by atoms with van der Waals surface area (Å²) in [4.78, 5) is 24.3. The summed E-state index contributed by atoms with van der Waals surface area (Å²) in [6, 6.07) is 0. The highest BCUT2D eigenvalue weighted by atomic mass is 16.6. The van der Waals surface area contributed by atoms with Crippen LogP contribution in [-0.4, -0.2) is 36.4 Å². The molecular weight excluding hydrogens is 620 g/mol. The predicted octanol–water partition coefficient (Wildman–Crippen LogP) is 13.8. The maximum absolute atomic E-state index is 12.2. The number of esters is 2. The second-order valence-corrected chi connectivity index (χ2v) is 14.8. The van der Waals surface area contributed by atoms with Crippen molar-refractivity contribution in [2.24, 2.45) is 0 Å². The Morgan fingerprint density at radius 2 is 0.740 bits per heavy atom. The van der Waals surface area contributed by atoms with E-state index < -0.39 is 6.10 Å². The summed E-state index contributed by atoms with van der Waals surface area (Å²) >= 11 is 0. The zero-order chi connectivity index (χ0) is 36.4. The summed E-state index contributed by atoms with van der Waals surface area (Å²) < 4.78 is 10.6. The van der Waals surface area contributed by atoms with E-state index in [-0.39, 0.29) is 25.2 Å². The molecule has 0 spiro atoms. The molecule has 0 bridgehead atoms. The van der Waals surface area contributed by atoms with Gasteiger partial charge in [0.25, 0.3) is 0 Å². The van der Waals surface area contributed by atoms with Crippen molar-refractivity contribution in [3.63, 3.8) is 0 Å². The van der Waals surface area contributed by atoms with Crippen molar-refractivity contribution in [2.45, 2.75) is 238 Å². The van der Waals surface area contributed by atoms with E-state index in [0.29, 0.717) is 12.8 Å². The van der Waals surface area contributed by atoms with Gasteiger partial charge in [-0.3, -0.25) is 9.59 Å². The molecule has 0 amide bonds. The normalized spacial score (nSPS) is 12.3. The van der Waals surface area contributed by atoms with Gasteiger partial charge in [-0.1, -0.05) is 179 Å². The second-order valence-electron chi connectivity index (χ2n) is 14.8. The average Bonchev–Trinajstić information content (AvgIpc) is 3.12. The number of aliphatic hydroxyl groups is 1. The van der Waals surface area contributed by atoms with E-state index in [1.54, 1.807) is 0 Å². The van der Waals surface area contributed by atoms with E-state index in [1.165, 1.54) is 167 Å². The Labute approximate surface area is 311 Å². The lowest BCUT2D eigenvalue weighted by molar-refractivity contribution is -0.161. The number of allylic oxidation sites excluding steroid dienone is 4. The standard InChI is InChI=1S/C45H84O5/c1-3-5-7-9-11-13-15-17-19-20-21-22-23-24-26-27-29-31-33-35-37-39-44(47)49-42-43(41-46)50-45(48)40-38-36-34-32-30-28-25-18-16-14-12-10-8-6-4-2/h14,16-17,19,43,46H,3-13,15,18,20-42H2,1-2H3/t43-/m0/s1. The Bertz CT molecular complexity index is 761. The van der Waals surface area contributed by atoms with Gasteiger partial charge < -0.3 is 14.6 Å². The summed E-state index contributed by atoms with van der Waals surface area (Å²) in [5, 5.41) is 9.57. The number of unbranched alkanes of at least 4 members (excludes halogenated alkanes) is 28. The number of ether oxygens (including phenoxy) is 2. The molecule has 0 heterocycles. The highest BCUT2D eigenvalue weighted by Gasteiger charge is 2.16. The van der Waals surface area contributed by atoms with Crippen molar-refractivity contribution in [3.8, 4) is 0 Å². The van der Waals surface area contributed by atoms with Crippen LogP contribution < -0.4 is 0 Å². The summed E-state index contributed by atoms with van der Waals surface area (Å²) in [7, 11) is 0. The van der Waals surface area contributed by atoms with Crippen molar-refractivity contribution in [1.29, 1.82) is 0 Å². The van der Waals surface area contributed by atoms with Crippen LogP contribution in [0.2, 0.25) is 0 Å².